The second kappa shape index (κ2) is 3.44. The summed E-state index contributed by atoms with van der Waals surface area (Å²) in [5, 5.41) is 1.24. The average Bonchev–Trinajstić information content (AvgIpc) is 2.62. The fourth-order valence-electron chi connectivity index (χ4n) is 1.41. The van der Waals surface area contributed by atoms with Gasteiger partial charge >= 0.3 is 0 Å². The molecule has 0 aliphatic rings. The molecule has 0 radical (unpaired) electrons. The Labute approximate surface area is 77.3 Å². The molecule has 2 rings (SSSR count). The highest BCUT2D eigenvalue weighted by molar-refractivity contribution is 5.97. The molecule has 0 unspecified atom stereocenters. The van der Waals surface area contributed by atoms with E-state index in [-0.39, 0.29) is 0 Å². The van der Waals surface area contributed by atoms with Crippen LogP contribution in [0.4, 0.5) is 0 Å². The number of nitrogens with one attached hydrogen (secondary N) is 1. The number of benzene rings is 1. The number of hydrogen-bond acceptors (Lipinski definition) is 1. The minimum Gasteiger partial charge on any atom is -0.361 e. The monoisotopic (exact) mass is 172 g/mol. The quantitative estimate of drug-likeness (QED) is 0.674. The maximum atomic E-state index is 4.23. The molecule has 66 valence electrons. The van der Waals surface area contributed by atoms with Crippen LogP contribution in [0.5, 0.6) is 0 Å². The Morgan fingerprint density at radius 2 is 2.31 bits per heavy atom. The van der Waals surface area contributed by atoms with Gasteiger partial charge in [0, 0.05) is 29.9 Å². The molecule has 1 aromatic carbocycles. The molecule has 1 heterocycles. The first-order chi connectivity index (χ1) is 6.42. The van der Waals surface area contributed by atoms with Gasteiger partial charge in [-0.05, 0) is 13.0 Å². The van der Waals surface area contributed by atoms with Gasteiger partial charge in [0.25, 0.3) is 0 Å². The van der Waals surface area contributed by atoms with Crippen molar-refractivity contribution in [3.63, 3.8) is 0 Å². The molecule has 0 amide bonds. The van der Waals surface area contributed by atoms with E-state index < -0.39 is 0 Å². The van der Waals surface area contributed by atoms with Crippen molar-refractivity contribution in [2.45, 2.75) is 6.92 Å². The summed E-state index contributed by atoms with van der Waals surface area (Å²) < 4.78 is 0. The van der Waals surface area contributed by atoms with Gasteiger partial charge in [0.05, 0.1) is 5.52 Å². The van der Waals surface area contributed by atoms with E-state index in [1.54, 1.807) is 0 Å². The van der Waals surface area contributed by atoms with Gasteiger partial charge in [-0.1, -0.05) is 18.2 Å². The average molecular weight is 172 g/mol. The number of rotatable bonds is 2. The summed E-state index contributed by atoms with van der Waals surface area (Å²) in [5.41, 5.74) is 2.32. The number of nitrogens with zero attached hydrogens (tertiary/aromatic N) is 1. The van der Waals surface area contributed by atoms with Crippen LogP contribution in [0.15, 0.2) is 35.5 Å². The Morgan fingerprint density at radius 1 is 1.38 bits per heavy atom. The van der Waals surface area contributed by atoms with Crippen LogP contribution >= 0.6 is 0 Å². The molecular formula is C11H12N2. The van der Waals surface area contributed by atoms with Gasteiger partial charge < -0.3 is 4.98 Å². The van der Waals surface area contributed by atoms with E-state index in [2.05, 4.69) is 28.2 Å². The van der Waals surface area contributed by atoms with Gasteiger partial charge in [-0.15, -0.1) is 0 Å². The Bertz CT molecular complexity index is 426. The standard InChI is InChI=1S/C11H12N2/c1-2-12-8-10-5-3-4-9-6-7-13-11(9)10/h3-8,13H,2H2,1H3. The lowest BCUT2D eigenvalue weighted by molar-refractivity contribution is 1.14. The zero-order valence-electron chi connectivity index (χ0n) is 7.62. The minimum atomic E-state index is 0.830. The minimum absolute atomic E-state index is 0.830. The predicted molar refractivity (Wildman–Crippen MR) is 56.4 cm³/mol. The lowest BCUT2D eigenvalue weighted by Crippen LogP contribution is -1.83. The fraction of sp³-hybridized carbons (Fsp3) is 0.182. The van der Waals surface area contributed by atoms with Crippen molar-refractivity contribution in [2.24, 2.45) is 4.99 Å². The molecule has 0 aliphatic heterocycles. The molecule has 13 heavy (non-hydrogen) atoms. The molecule has 0 saturated heterocycles. The summed E-state index contributed by atoms with van der Waals surface area (Å²) in [6.07, 6.45) is 3.87. The van der Waals surface area contributed by atoms with Crippen molar-refractivity contribution in [1.29, 1.82) is 0 Å². The molecule has 2 nitrogen and oxygen atoms in total. The lowest BCUT2D eigenvalue weighted by Gasteiger charge is -1.95. The zero-order chi connectivity index (χ0) is 9.10. The van der Waals surface area contributed by atoms with Crippen molar-refractivity contribution in [3.8, 4) is 0 Å². The van der Waals surface area contributed by atoms with Gasteiger partial charge in [0.1, 0.15) is 0 Å². The maximum Gasteiger partial charge on any atom is 0.0542 e. The number of aliphatic imine (C=N–C) groups is 1. The van der Waals surface area contributed by atoms with Crippen LogP contribution in [0.1, 0.15) is 12.5 Å². The second-order valence-corrected chi connectivity index (χ2v) is 2.92. The molecule has 1 aromatic heterocycles. The molecule has 0 bridgehead atoms. The van der Waals surface area contributed by atoms with Crippen molar-refractivity contribution in [1.82, 2.24) is 4.98 Å². The largest absolute Gasteiger partial charge is 0.361 e. The van der Waals surface area contributed by atoms with E-state index in [1.165, 1.54) is 10.9 Å². The number of para-hydroxylation sites is 1. The number of fused-ring (bicyclic) bond motifs is 1. The maximum absolute atomic E-state index is 4.23. The van der Waals surface area contributed by atoms with Gasteiger partial charge in [-0.2, -0.15) is 0 Å². The summed E-state index contributed by atoms with van der Waals surface area (Å²) in [5.74, 6) is 0. The SMILES string of the molecule is CCN=Cc1cccc2cc[nH]c12. The molecule has 0 spiro atoms. The third-order valence-corrected chi connectivity index (χ3v) is 2.03. The highest BCUT2D eigenvalue weighted by atomic mass is 14.7. The summed E-state index contributed by atoms with van der Waals surface area (Å²) in [4.78, 5) is 7.43. The van der Waals surface area contributed by atoms with E-state index in [0.29, 0.717) is 0 Å². The van der Waals surface area contributed by atoms with Gasteiger partial charge in [-0.3, -0.25) is 4.99 Å². The first-order valence-electron chi connectivity index (χ1n) is 4.47. The normalized spacial score (nSPS) is 11.5. The third kappa shape index (κ3) is 1.47. The molecular weight excluding hydrogens is 160 g/mol. The Kier molecular flexibility index (Phi) is 2.13. The van der Waals surface area contributed by atoms with Crippen molar-refractivity contribution in [3.05, 3.63) is 36.0 Å². The molecule has 1 N–H and O–H groups in total. The van der Waals surface area contributed by atoms with Crippen molar-refractivity contribution < 1.29 is 0 Å². The van der Waals surface area contributed by atoms with E-state index in [1.807, 2.05) is 25.4 Å². The van der Waals surface area contributed by atoms with Crippen LogP contribution in [0.3, 0.4) is 0 Å². The Hall–Kier alpha value is -1.57. The number of H-pyrrole nitrogens is 1. The van der Waals surface area contributed by atoms with E-state index in [9.17, 15) is 0 Å². The van der Waals surface area contributed by atoms with E-state index in [0.717, 1.165) is 12.1 Å². The summed E-state index contributed by atoms with van der Waals surface area (Å²) >= 11 is 0. The van der Waals surface area contributed by atoms with E-state index >= 15 is 0 Å². The fourth-order valence-corrected chi connectivity index (χ4v) is 1.41. The third-order valence-electron chi connectivity index (χ3n) is 2.03. The van der Waals surface area contributed by atoms with Gasteiger partial charge in [0.15, 0.2) is 0 Å². The predicted octanol–water partition coefficient (Wildman–Crippen LogP) is 2.61. The van der Waals surface area contributed by atoms with Crippen LogP contribution in [-0.4, -0.2) is 17.7 Å². The van der Waals surface area contributed by atoms with Crippen LogP contribution in [0.25, 0.3) is 10.9 Å². The topological polar surface area (TPSA) is 28.1 Å². The highest BCUT2D eigenvalue weighted by Crippen LogP contribution is 2.14. The Balaban J connectivity index is 2.54. The highest BCUT2D eigenvalue weighted by Gasteiger charge is 1.97. The first kappa shape index (κ1) is 8.05. The summed E-state index contributed by atoms with van der Waals surface area (Å²) in [6, 6.07) is 8.28. The lowest BCUT2D eigenvalue weighted by atomic mass is 10.1. The van der Waals surface area contributed by atoms with Crippen LogP contribution in [-0.2, 0) is 0 Å². The van der Waals surface area contributed by atoms with Crippen molar-refractivity contribution >= 4 is 17.1 Å². The first-order valence-corrected chi connectivity index (χ1v) is 4.47. The van der Waals surface area contributed by atoms with Gasteiger partial charge in [0.2, 0.25) is 0 Å². The smallest absolute Gasteiger partial charge is 0.0542 e. The van der Waals surface area contributed by atoms with E-state index in [4.69, 9.17) is 0 Å². The molecule has 0 atom stereocenters. The molecule has 0 saturated carbocycles. The number of aromatic nitrogens is 1. The van der Waals surface area contributed by atoms with Crippen LogP contribution < -0.4 is 0 Å². The molecule has 2 aromatic rings. The Morgan fingerprint density at radius 3 is 3.15 bits per heavy atom. The number of aromatic amines is 1. The van der Waals surface area contributed by atoms with Crippen LogP contribution in [0.2, 0.25) is 0 Å². The molecule has 0 aliphatic carbocycles. The van der Waals surface area contributed by atoms with Crippen LogP contribution in [0, 0.1) is 0 Å². The second-order valence-electron chi connectivity index (χ2n) is 2.92. The summed E-state index contributed by atoms with van der Waals surface area (Å²) in [7, 11) is 0. The van der Waals surface area contributed by atoms with Gasteiger partial charge in [-0.25, -0.2) is 0 Å². The van der Waals surface area contributed by atoms with Crippen molar-refractivity contribution in [2.75, 3.05) is 6.54 Å². The molecule has 2 heteroatoms. The summed E-state index contributed by atoms with van der Waals surface area (Å²) in [6.45, 7) is 2.86. The molecule has 0 fully saturated rings. The number of hydrogen-bond donors (Lipinski definition) is 1. The zero-order valence-corrected chi connectivity index (χ0v) is 7.62.